The van der Waals surface area contributed by atoms with E-state index in [-0.39, 0.29) is 28.2 Å². The molecule has 12 heteroatoms. The first-order chi connectivity index (χ1) is 17.8. The molecule has 0 spiro atoms. The zero-order valence-electron chi connectivity index (χ0n) is 22.7. The number of fused-ring (bicyclic) bond motifs is 1. The number of carbonyl (C=O) groups is 1. The number of ether oxygens (including phenoxy) is 1. The fraction of sp³-hybridized carbons (Fsp3) is 0.538. The second kappa shape index (κ2) is 10.6. The molecule has 3 aromatic heterocycles. The number of aryl methyl sites for hydroxylation is 1. The number of anilines is 1. The van der Waals surface area contributed by atoms with Crippen molar-refractivity contribution in [2.75, 3.05) is 24.5 Å². The van der Waals surface area contributed by atoms with Crippen molar-refractivity contribution >= 4 is 46.1 Å². The van der Waals surface area contributed by atoms with E-state index in [4.69, 9.17) is 27.9 Å². The molecule has 0 bridgehead atoms. The maximum Gasteiger partial charge on any atom is 0.410 e. The minimum Gasteiger partial charge on any atom is -0.444 e. The van der Waals surface area contributed by atoms with E-state index in [9.17, 15) is 9.59 Å². The average molecular weight is 563 g/mol. The van der Waals surface area contributed by atoms with E-state index in [0.29, 0.717) is 47.9 Å². The smallest absolute Gasteiger partial charge is 0.410 e. The lowest BCUT2D eigenvalue weighted by molar-refractivity contribution is 0.0158. The summed E-state index contributed by atoms with van der Waals surface area (Å²) in [6.07, 6.45) is 1.95. The molecule has 204 valence electrons. The van der Waals surface area contributed by atoms with Gasteiger partial charge in [-0.2, -0.15) is 4.98 Å². The number of hydrogen-bond acceptors (Lipinski definition) is 8. The van der Waals surface area contributed by atoms with E-state index in [1.165, 1.54) is 10.9 Å². The molecule has 1 saturated heterocycles. The van der Waals surface area contributed by atoms with Gasteiger partial charge in [0.1, 0.15) is 22.9 Å². The number of aromatic nitrogens is 5. The maximum absolute atomic E-state index is 13.7. The van der Waals surface area contributed by atoms with Crippen LogP contribution in [0.3, 0.4) is 0 Å². The summed E-state index contributed by atoms with van der Waals surface area (Å²) < 4.78 is 7.00. The lowest BCUT2D eigenvalue weighted by atomic mass is 10.0. The van der Waals surface area contributed by atoms with E-state index in [2.05, 4.69) is 26.9 Å². The topological polar surface area (TPSA) is 106 Å². The molecular weight excluding hydrogens is 529 g/mol. The van der Waals surface area contributed by atoms with E-state index >= 15 is 0 Å². The maximum atomic E-state index is 13.7. The molecule has 4 rings (SSSR count). The van der Waals surface area contributed by atoms with Crippen LogP contribution in [0.2, 0.25) is 10.2 Å². The summed E-state index contributed by atoms with van der Waals surface area (Å²) in [6.45, 7) is 14.7. The third-order valence-electron chi connectivity index (χ3n) is 6.65. The molecule has 1 amide bonds. The number of amides is 1. The van der Waals surface area contributed by atoms with Crippen LogP contribution >= 0.6 is 23.2 Å². The highest BCUT2D eigenvalue weighted by molar-refractivity contribution is 6.41. The van der Waals surface area contributed by atoms with Crippen molar-refractivity contribution in [3.63, 3.8) is 0 Å². The number of hydrogen-bond donors (Lipinski definition) is 0. The minimum absolute atomic E-state index is 0.0675. The van der Waals surface area contributed by atoms with Gasteiger partial charge in [0.15, 0.2) is 5.65 Å². The first-order valence-corrected chi connectivity index (χ1v) is 13.4. The van der Waals surface area contributed by atoms with Crippen molar-refractivity contribution in [1.29, 1.82) is 0 Å². The molecular formula is C26H33Cl2N7O3. The van der Waals surface area contributed by atoms with Gasteiger partial charge in [0.2, 0.25) is 0 Å². The quantitative estimate of drug-likeness (QED) is 0.403. The number of carbonyl (C=O) groups excluding carboxylic acids is 1. The zero-order chi connectivity index (χ0) is 27.9. The van der Waals surface area contributed by atoms with Crippen molar-refractivity contribution in [1.82, 2.24) is 29.4 Å². The Kier molecular flexibility index (Phi) is 7.86. The summed E-state index contributed by atoms with van der Waals surface area (Å²) in [6, 6.07) is 1.49. The van der Waals surface area contributed by atoms with E-state index in [1.807, 2.05) is 46.4 Å². The zero-order valence-corrected chi connectivity index (χ0v) is 24.3. The molecule has 1 aliphatic heterocycles. The fourth-order valence-electron chi connectivity index (χ4n) is 4.58. The lowest BCUT2D eigenvalue weighted by Crippen LogP contribution is -2.55. The Morgan fingerprint density at radius 1 is 1.21 bits per heavy atom. The van der Waals surface area contributed by atoms with Crippen molar-refractivity contribution in [3.8, 4) is 5.69 Å². The summed E-state index contributed by atoms with van der Waals surface area (Å²) in [7, 11) is 0. The van der Waals surface area contributed by atoms with Crippen LogP contribution in [0.15, 0.2) is 17.2 Å². The summed E-state index contributed by atoms with van der Waals surface area (Å²) in [4.78, 5) is 48.0. The van der Waals surface area contributed by atoms with Crippen molar-refractivity contribution < 1.29 is 9.53 Å². The number of piperazine rings is 1. The molecule has 38 heavy (non-hydrogen) atoms. The van der Waals surface area contributed by atoms with Gasteiger partial charge in [0.25, 0.3) is 0 Å². The standard InChI is InChI=1S/C26H33Cl2N7O3/c1-8-14(2)19-20(16(4)29-13-30-19)35-23-17(11-18(27)21(28)31-23)22(32-24(35)36)33-9-10-34(15(3)12-33)25(37)38-26(5,6)7/h11,13-15H,8-10,12H2,1-7H3/t14?,15-/m0/s1. The van der Waals surface area contributed by atoms with Gasteiger partial charge in [-0.25, -0.2) is 29.1 Å². The van der Waals surface area contributed by atoms with E-state index in [0.717, 1.165) is 12.1 Å². The Bertz CT molecular complexity index is 1440. The molecule has 3 aromatic rings. The molecule has 0 saturated carbocycles. The summed E-state index contributed by atoms with van der Waals surface area (Å²) in [5, 5.41) is 0.887. The normalized spacial score (nSPS) is 17.1. The molecule has 0 aliphatic carbocycles. The predicted octanol–water partition coefficient (Wildman–Crippen LogP) is 5.15. The Morgan fingerprint density at radius 2 is 1.92 bits per heavy atom. The highest BCUT2D eigenvalue weighted by Gasteiger charge is 2.33. The highest BCUT2D eigenvalue weighted by atomic mass is 35.5. The average Bonchev–Trinajstić information content (AvgIpc) is 2.83. The van der Waals surface area contributed by atoms with Gasteiger partial charge in [0, 0.05) is 31.6 Å². The fourth-order valence-corrected chi connectivity index (χ4v) is 4.87. The highest BCUT2D eigenvalue weighted by Crippen LogP contribution is 2.33. The van der Waals surface area contributed by atoms with Gasteiger partial charge in [0.05, 0.1) is 27.5 Å². The first-order valence-electron chi connectivity index (χ1n) is 12.7. The van der Waals surface area contributed by atoms with Crippen LogP contribution in [0.1, 0.15) is 65.3 Å². The van der Waals surface area contributed by atoms with Crippen LogP contribution in [0.5, 0.6) is 0 Å². The van der Waals surface area contributed by atoms with Gasteiger partial charge in [-0.1, -0.05) is 37.0 Å². The summed E-state index contributed by atoms with van der Waals surface area (Å²) >= 11 is 12.8. The second-order valence-electron chi connectivity index (χ2n) is 10.7. The van der Waals surface area contributed by atoms with Crippen molar-refractivity contribution in [2.24, 2.45) is 0 Å². The van der Waals surface area contributed by atoms with Crippen LogP contribution in [0, 0.1) is 6.92 Å². The van der Waals surface area contributed by atoms with E-state index in [1.54, 1.807) is 11.0 Å². The molecule has 1 unspecified atom stereocenters. The third kappa shape index (κ3) is 5.42. The molecule has 10 nitrogen and oxygen atoms in total. The Hall–Kier alpha value is -2.98. The van der Waals surface area contributed by atoms with Crippen LogP contribution in [-0.4, -0.2) is 66.8 Å². The SMILES string of the molecule is CCC(C)c1ncnc(C)c1-n1c(=O)nc(N2CCN(C(=O)OC(C)(C)C)[C@@H](C)C2)c2cc(Cl)c(Cl)nc21. The van der Waals surface area contributed by atoms with Gasteiger partial charge < -0.3 is 14.5 Å². The van der Waals surface area contributed by atoms with Gasteiger partial charge in [-0.3, -0.25) is 0 Å². The van der Waals surface area contributed by atoms with Gasteiger partial charge in [-0.15, -0.1) is 0 Å². The number of pyridine rings is 1. The molecule has 4 heterocycles. The van der Waals surface area contributed by atoms with Crippen LogP contribution in [0.25, 0.3) is 16.7 Å². The molecule has 0 radical (unpaired) electrons. The van der Waals surface area contributed by atoms with Crippen LogP contribution in [0.4, 0.5) is 10.6 Å². The monoisotopic (exact) mass is 561 g/mol. The van der Waals surface area contributed by atoms with Crippen molar-refractivity contribution in [2.45, 2.75) is 72.4 Å². The van der Waals surface area contributed by atoms with Crippen molar-refractivity contribution in [3.05, 3.63) is 44.4 Å². The summed E-state index contributed by atoms with van der Waals surface area (Å²) in [5.41, 5.74) is 1.10. The Labute approximate surface area is 232 Å². The predicted molar refractivity (Wildman–Crippen MR) is 149 cm³/mol. The van der Waals surface area contributed by atoms with E-state index < -0.39 is 11.3 Å². The molecule has 2 atom stereocenters. The minimum atomic E-state index is -0.592. The molecule has 1 aliphatic rings. The van der Waals surface area contributed by atoms with Crippen LogP contribution in [-0.2, 0) is 4.74 Å². The molecule has 0 aromatic carbocycles. The Morgan fingerprint density at radius 3 is 2.55 bits per heavy atom. The second-order valence-corrected chi connectivity index (χ2v) is 11.4. The van der Waals surface area contributed by atoms with Gasteiger partial charge >= 0.3 is 11.8 Å². The Balaban J connectivity index is 1.84. The van der Waals surface area contributed by atoms with Gasteiger partial charge in [-0.05, 0) is 47.1 Å². The number of halogens is 2. The third-order valence-corrected chi connectivity index (χ3v) is 7.32. The lowest BCUT2D eigenvalue weighted by Gasteiger charge is -2.40. The number of rotatable bonds is 4. The number of nitrogens with zero attached hydrogens (tertiary/aromatic N) is 7. The first kappa shape index (κ1) is 28.0. The van der Waals surface area contributed by atoms with Crippen LogP contribution < -0.4 is 10.6 Å². The largest absolute Gasteiger partial charge is 0.444 e. The molecule has 0 N–H and O–H groups in total. The summed E-state index contributed by atoms with van der Waals surface area (Å²) in [5.74, 6) is 0.500. The molecule has 1 fully saturated rings.